The first kappa shape index (κ1) is 23.3. The summed E-state index contributed by atoms with van der Waals surface area (Å²) in [6, 6.07) is 19.7. The Morgan fingerprint density at radius 2 is 1.59 bits per heavy atom. The van der Waals surface area contributed by atoms with Crippen molar-refractivity contribution in [3.8, 4) is 5.75 Å². The van der Waals surface area contributed by atoms with Crippen LogP contribution in [0.15, 0.2) is 72.3 Å². The van der Waals surface area contributed by atoms with E-state index in [9.17, 15) is 14.7 Å². The zero-order valence-electron chi connectivity index (χ0n) is 20.0. The number of rotatable bonds is 6. The number of aliphatic hydroxyl groups excluding tert-OH is 1. The molecule has 5 heteroatoms. The standard InChI is InChI=1S/C29H29NO4/c1-5-16-34-24-15-14-21(17-20(24)4)27(31)25-26(22-12-8-6-10-18(22)2)30(29(33)28(25)32)23-13-9-7-11-19(23)3/h6-15,17,26,31H,5,16H2,1-4H3/b27-25+. The lowest BCUT2D eigenvalue weighted by atomic mass is 9.92. The number of aliphatic hydroxyl groups is 1. The Bertz CT molecular complexity index is 1290. The van der Waals surface area contributed by atoms with E-state index in [4.69, 9.17) is 4.74 Å². The SMILES string of the molecule is CCCOc1ccc(/C(O)=C2\C(=O)C(=O)N(c3ccccc3C)C2c2ccccc2C)cc1C. The number of Topliss-reactive ketones (excluding diaryl/α,β-unsaturated/α-hetero) is 1. The molecule has 0 radical (unpaired) electrons. The molecule has 1 fully saturated rings. The summed E-state index contributed by atoms with van der Waals surface area (Å²) in [6.45, 7) is 8.38. The van der Waals surface area contributed by atoms with Crippen LogP contribution in [0, 0.1) is 20.8 Å². The van der Waals surface area contributed by atoms with Gasteiger partial charge in [-0.2, -0.15) is 0 Å². The van der Waals surface area contributed by atoms with Crippen LogP contribution in [0.3, 0.4) is 0 Å². The number of amides is 1. The topological polar surface area (TPSA) is 66.8 Å². The van der Waals surface area contributed by atoms with E-state index in [0.29, 0.717) is 17.9 Å². The van der Waals surface area contributed by atoms with Crippen molar-refractivity contribution in [3.05, 3.63) is 100 Å². The average Bonchev–Trinajstić information content (AvgIpc) is 3.08. The van der Waals surface area contributed by atoms with Gasteiger partial charge in [0.1, 0.15) is 11.5 Å². The third-order valence-corrected chi connectivity index (χ3v) is 6.21. The van der Waals surface area contributed by atoms with Gasteiger partial charge in [0.25, 0.3) is 11.7 Å². The molecule has 1 atom stereocenters. The van der Waals surface area contributed by atoms with Crippen molar-refractivity contribution in [1.29, 1.82) is 0 Å². The first-order valence-electron chi connectivity index (χ1n) is 11.5. The molecule has 3 aromatic rings. The molecule has 0 aliphatic carbocycles. The zero-order valence-corrected chi connectivity index (χ0v) is 20.0. The summed E-state index contributed by atoms with van der Waals surface area (Å²) in [5.41, 5.74) is 4.65. The van der Waals surface area contributed by atoms with Gasteiger partial charge in [0.2, 0.25) is 0 Å². The van der Waals surface area contributed by atoms with Gasteiger partial charge in [-0.25, -0.2) is 0 Å². The highest BCUT2D eigenvalue weighted by molar-refractivity contribution is 6.51. The molecule has 0 saturated carbocycles. The van der Waals surface area contributed by atoms with Crippen LogP contribution in [0.4, 0.5) is 5.69 Å². The summed E-state index contributed by atoms with van der Waals surface area (Å²) in [5, 5.41) is 11.4. The van der Waals surface area contributed by atoms with E-state index >= 15 is 0 Å². The highest BCUT2D eigenvalue weighted by atomic mass is 16.5. The lowest BCUT2D eigenvalue weighted by Crippen LogP contribution is -2.30. The third kappa shape index (κ3) is 4.10. The van der Waals surface area contributed by atoms with Crippen molar-refractivity contribution in [1.82, 2.24) is 0 Å². The Morgan fingerprint density at radius 3 is 2.24 bits per heavy atom. The fourth-order valence-corrected chi connectivity index (χ4v) is 4.43. The van der Waals surface area contributed by atoms with E-state index in [-0.39, 0.29) is 11.3 Å². The minimum atomic E-state index is -0.737. The summed E-state index contributed by atoms with van der Waals surface area (Å²) in [5.74, 6) is -0.802. The van der Waals surface area contributed by atoms with Crippen molar-refractivity contribution in [2.75, 3.05) is 11.5 Å². The molecule has 1 N–H and O–H groups in total. The molecule has 1 aliphatic heterocycles. The Kier molecular flexibility index (Phi) is 6.55. The van der Waals surface area contributed by atoms with Crippen LogP contribution in [0.2, 0.25) is 0 Å². The second-order valence-electron chi connectivity index (χ2n) is 8.64. The van der Waals surface area contributed by atoms with Crippen LogP contribution in [-0.2, 0) is 9.59 Å². The summed E-state index contributed by atoms with van der Waals surface area (Å²) in [4.78, 5) is 28.2. The first-order chi connectivity index (χ1) is 16.3. The van der Waals surface area contributed by atoms with Crippen LogP contribution in [0.5, 0.6) is 5.75 Å². The smallest absolute Gasteiger partial charge is 0.300 e. The number of aryl methyl sites for hydroxylation is 3. The fourth-order valence-electron chi connectivity index (χ4n) is 4.43. The molecule has 1 saturated heterocycles. The van der Waals surface area contributed by atoms with Crippen LogP contribution >= 0.6 is 0 Å². The predicted octanol–water partition coefficient (Wildman–Crippen LogP) is 6.03. The number of benzene rings is 3. The van der Waals surface area contributed by atoms with Gasteiger partial charge in [-0.05, 0) is 73.7 Å². The minimum Gasteiger partial charge on any atom is -0.507 e. The fraction of sp³-hybridized carbons (Fsp3) is 0.241. The minimum absolute atomic E-state index is 0.0872. The zero-order chi connectivity index (χ0) is 24.4. The van der Waals surface area contributed by atoms with Crippen molar-refractivity contribution in [3.63, 3.8) is 0 Å². The molecule has 1 aliphatic rings. The predicted molar refractivity (Wildman–Crippen MR) is 134 cm³/mol. The molecule has 1 heterocycles. The summed E-state index contributed by atoms with van der Waals surface area (Å²) >= 11 is 0. The first-order valence-corrected chi connectivity index (χ1v) is 11.5. The molecular formula is C29H29NO4. The lowest BCUT2D eigenvalue weighted by molar-refractivity contribution is -0.132. The van der Waals surface area contributed by atoms with Crippen molar-refractivity contribution < 1.29 is 19.4 Å². The summed E-state index contributed by atoms with van der Waals surface area (Å²) in [7, 11) is 0. The maximum Gasteiger partial charge on any atom is 0.300 e. The number of carbonyl (C=O) groups excluding carboxylic acids is 2. The van der Waals surface area contributed by atoms with E-state index in [2.05, 4.69) is 0 Å². The van der Waals surface area contributed by atoms with Crippen LogP contribution < -0.4 is 9.64 Å². The second-order valence-corrected chi connectivity index (χ2v) is 8.64. The Labute approximate surface area is 200 Å². The number of hydrogen-bond donors (Lipinski definition) is 1. The molecule has 4 rings (SSSR count). The molecule has 1 unspecified atom stereocenters. The van der Waals surface area contributed by atoms with Gasteiger partial charge in [0.15, 0.2) is 0 Å². The highest BCUT2D eigenvalue weighted by Gasteiger charge is 2.47. The molecule has 1 amide bonds. The largest absolute Gasteiger partial charge is 0.507 e. The normalized spacial score (nSPS) is 17.3. The monoisotopic (exact) mass is 455 g/mol. The number of ketones is 1. The number of nitrogens with zero attached hydrogens (tertiary/aromatic N) is 1. The number of anilines is 1. The molecule has 34 heavy (non-hydrogen) atoms. The van der Waals surface area contributed by atoms with Gasteiger partial charge < -0.3 is 9.84 Å². The Morgan fingerprint density at radius 1 is 0.912 bits per heavy atom. The number of carbonyl (C=O) groups is 2. The average molecular weight is 456 g/mol. The molecule has 0 bridgehead atoms. The van der Waals surface area contributed by atoms with E-state index in [0.717, 1.165) is 34.4 Å². The van der Waals surface area contributed by atoms with Gasteiger partial charge in [-0.15, -0.1) is 0 Å². The van der Waals surface area contributed by atoms with Crippen LogP contribution in [0.1, 0.15) is 47.2 Å². The molecule has 174 valence electrons. The van der Waals surface area contributed by atoms with Crippen LogP contribution in [0.25, 0.3) is 5.76 Å². The molecule has 0 aromatic heterocycles. The van der Waals surface area contributed by atoms with Gasteiger partial charge >= 0.3 is 0 Å². The van der Waals surface area contributed by atoms with Crippen molar-refractivity contribution in [2.45, 2.75) is 40.2 Å². The lowest BCUT2D eigenvalue weighted by Gasteiger charge is -2.27. The quantitative estimate of drug-likeness (QED) is 0.280. The number of ether oxygens (including phenoxy) is 1. The number of para-hydroxylation sites is 1. The molecule has 3 aromatic carbocycles. The third-order valence-electron chi connectivity index (χ3n) is 6.21. The van der Waals surface area contributed by atoms with E-state index in [1.807, 2.05) is 76.2 Å². The maximum absolute atomic E-state index is 13.4. The maximum atomic E-state index is 13.4. The van der Waals surface area contributed by atoms with Gasteiger partial charge in [-0.3, -0.25) is 14.5 Å². The van der Waals surface area contributed by atoms with E-state index in [1.165, 1.54) is 4.90 Å². The summed E-state index contributed by atoms with van der Waals surface area (Å²) in [6.07, 6.45) is 0.889. The molecular weight excluding hydrogens is 426 g/mol. The van der Waals surface area contributed by atoms with E-state index in [1.54, 1.807) is 18.2 Å². The van der Waals surface area contributed by atoms with Crippen molar-refractivity contribution >= 4 is 23.1 Å². The molecule has 5 nitrogen and oxygen atoms in total. The highest BCUT2D eigenvalue weighted by Crippen LogP contribution is 2.44. The van der Waals surface area contributed by atoms with Crippen molar-refractivity contribution in [2.24, 2.45) is 0 Å². The molecule has 0 spiro atoms. The van der Waals surface area contributed by atoms with Gasteiger partial charge in [-0.1, -0.05) is 49.4 Å². The van der Waals surface area contributed by atoms with E-state index < -0.39 is 17.7 Å². The van der Waals surface area contributed by atoms with Gasteiger partial charge in [0, 0.05) is 11.3 Å². The second kappa shape index (κ2) is 9.56. The number of hydrogen-bond acceptors (Lipinski definition) is 4. The summed E-state index contributed by atoms with van der Waals surface area (Å²) < 4.78 is 5.75. The van der Waals surface area contributed by atoms with Crippen LogP contribution in [-0.4, -0.2) is 23.4 Å². The Hall–Kier alpha value is -3.86. The Balaban J connectivity index is 1.91. The van der Waals surface area contributed by atoms with Gasteiger partial charge in [0.05, 0.1) is 18.2 Å².